The van der Waals surface area contributed by atoms with Crippen LogP contribution in [0.5, 0.6) is 0 Å². The Morgan fingerprint density at radius 1 is 1.36 bits per heavy atom. The van der Waals surface area contributed by atoms with E-state index in [4.69, 9.17) is 0 Å². The van der Waals surface area contributed by atoms with Gasteiger partial charge in [0.1, 0.15) is 0 Å². The first kappa shape index (κ1) is 13.3. The zero-order valence-corrected chi connectivity index (χ0v) is 8.91. The standard InChI is InChI=1S/C11H14O2.Li/c1-3-11(2,10(12)13)9-7-5-4-6-8-9;/h4-8H,3H2,1-2H3,(H,12,13);/q;+1/p-1. The topological polar surface area (TPSA) is 40.1 Å². The fraction of sp³-hybridized carbons (Fsp3) is 0.364. The van der Waals surface area contributed by atoms with Gasteiger partial charge in [-0.3, -0.25) is 0 Å². The molecule has 3 heteroatoms. The van der Waals surface area contributed by atoms with E-state index in [1.165, 1.54) is 0 Å². The van der Waals surface area contributed by atoms with Gasteiger partial charge in [0.25, 0.3) is 0 Å². The minimum absolute atomic E-state index is 0. The molecule has 0 aromatic heterocycles. The summed E-state index contributed by atoms with van der Waals surface area (Å²) in [6.07, 6.45) is 0.541. The summed E-state index contributed by atoms with van der Waals surface area (Å²) in [5.74, 6) is -1.01. The van der Waals surface area contributed by atoms with Crippen LogP contribution in [0.3, 0.4) is 0 Å². The molecule has 0 heterocycles. The van der Waals surface area contributed by atoms with Gasteiger partial charge in [-0.2, -0.15) is 0 Å². The van der Waals surface area contributed by atoms with Gasteiger partial charge in [-0.15, -0.1) is 0 Å². The summed E-state index contributed by atoms with van der Waals surface area (Å²) < 4.78 is 0. The van der Waals surface area contributed by atoms with E-state index in [0.717, 1.165) is 5.56 Å². The van der Waals surface area contributed by atoms with Crippen molar-refractivity contribution in [2.24, 2.45) is 0 Å². The van der Waals surface area contributed by atoms with Crippen molar-refractivity contribution in [1.82, 2.24) is 0 Å². The Kier molecular flexibility index (Phi) is 4.97. The summed E-state index contributed by atoms with van der Waals surface area (Å²) in [5.41, 5.74) is -0.0566. The molecule has 0 aliphatic rings. The maximum Gasteiger partial charge on any atom is 1.00 e. The minimum atomic E-state index is -1.01. The number of carbonyl (C=O) groups is 1. The van der Waals surface area contributed by atoms with Gasteiger partial charge in [0.15, 0.2) is 0 Å². The molecule has 0 N–H and O–H groups in total. The molecular weight excluding hydrogens is 171 g/mol. The zero-order valence-electron chi connectivity index (χ0n) is 8.91. The van der Waals surface area contributed by atoms with Gasteiger partial charge >= 0.3 is 18.9 Å². The molecule has 0 aliphatic carbocycles. The smallest absolute Gasteiger partial charge is 0.549 e. The van der Waals surface area contributed by atoms with Crippen LogP contribution in [0.25, 0.3) is 0 Å². The molecule has 1 unspecified atom stereocenters. The van der Waals surface area contributed by atoms with Crippen LogP contribution in [0.15, 0.2) is 30.3 Å². The first-order valence-electron chi connectivity index (χ1n) is 4.38. The maximum atomic E-state index is 10.9. The van der Waals surface area contributed by atoms with E-state index >= 15 is 0 Å². The van der Waals surface area contributed by atoms with Crippen LogP contribution in [0.2, 0.25) is 0 Å². The number of carboxylic acid groups (broad SMARTS) is 1. The molecule has 1 atom stereocenters. The third-order valence-corrected chi connectivity index (χ3v) is 2.57. The van der Waals surface area contributed by atoms with E-state index < -0.39 is 11.4 Å². The summed E-state index contributed by atoms with van der Waals surface area (Å²) >= 11 is 0. The van der Waals surface area contributed by atoms with Crippen LogP contribution in [0.4, 0.5) is 0 Å². The van der Waals surface area contributed by atoms with E-state index in [1.54, 1.807) is 6.92 Å². The molecule has 0 saturated heterocycles. The molecule has 0 fully saturated rings. The van der Waals surface area contributed by atoms with E-state index in [9.17, 15) is 9.90 Å². The zero-order chi connectivity index (χ0) is 9.90. The number of rotatable bonds is 3. The predicted octanol–water partition coefficient (Wildman–Crippen LogP) is -1.89. The van der Waals surface area contributed by atoms with Crippen LogP contribution >= 0.6 is 0 Å². The summed E-state index contributed by atoms with van der Waals surface area (Å²) in [6, 6.07) is 9.19. The van der Waals surface area contributed by atoms with E-state index in [0.29, 0.717) is 6.42 Å². The summed E-state index contributed by atoms with van der Waals surface area (Å²) in [4.78, 5) is 10.9. The number of hydrogen-bond acceptors (Lipinski definition) is 2. The number of hydrogen-bond donors (Lipinski definition) is 0. The molecule has 1 aromatic rings. The monoisotopic (exact) mass is 184 g/mol. The average Bonchev–Trinajstić information content (AvgIpc) is 2.17. The molecule has 14 heavy (non-hydrogen) atoms. The molecule has 0 radical (unpaired) electrons. The Labute approximate surface area is 96.5 Å². The molecule has 2 nitrogen and oxygen atoms in total. The van der Waals surface area contributed by atoms with Crippen LogP contribution < -0.4 is 24.0 Å². The summed E-state index contributed by atoms with van der Waals surface area (Å²) in [6.45, 7) is 3.54. The molecule has 1 rings (SSSR count). The van der Waals surface area contributed by atoms with Gasteiger partial charge in [0.2, 0.25) is 0 Å². The molecule has 70 valence electrons. The van der Waals surface area contributed by atoms with Gasteiger partial charge in [0, 0.05) is 5.41 Å². The number of carboxylic acids is 1. The normalized spacial score (nSPS) is 13.9. The molecule has 0 amide bonds. The summed E-state index contributed by atoms with van der Waals surface area (Å²) in [7, 11) is 0. The second kappa shape index (κ2) is 5.24. The van der Waals surface area contributed by atoms with Crippen molar-refractivity contribution in [3.63, 3.8) is 0 Å². The third kappa shape index (κ3) is 2.40. The van der Waals surface area contributed by atoms with E-state index in [1.807, 2.05) is 37.3 Å². The predicted molar refractivity (Wildman–Crippen MR) is 49.1 cm³/mol. The maximum absolute atomic E-state index is 10.9. The van der Waals surface area contributed by atoms with Gasteiger partial charge in [0.05, 0.1) is 5.97 Å². The Morgan fingerprint density at radius 2 is 1.86 bits per heavy atom. The second-order valence-electron chi connectivity index (χ2n) is 3.34. The first-order chi connectivity index (χ1) is 6.11. The fourth-order valence-electron chi connectivity index (χ4n) is 1.27. The van der Waals surface area contributed by atoms with Crippen molar-refractivity contribution in [2.75, 3.05) is 0 Å². The van der Waals surface area contributed by atoms with E-state index in [2.05, 4.69) is 0 Å². The fourth-order valence-corrected chi connectivity index (χ4v) is 1.27. The van der Waals surface area contributed by atoms with Crippen molar-refractivity contribution < 1.29 is 28.8 Å². The van der Waals surface area contributed by atoms with Gasteiger partial charge in [-0.05, 0) is 12.0 Å². The molecule has 0 aliphatic heterocycles. The van der Waals surface area contributed by atoms with E-state index in [-0.39, 0.29) is 18.9 Å². The average molecular weight is 184 g/mol. The molecule has 0 saturated carbocycles. The van der Waals surface area contributed by atoms with Crippen LogP contribution in [-0.2, 0) is 10.2 Å². The van der Waals surface area contributed by atoms with Crippen molar-refractivity contribution in [3.05, 3.63) is 35.9 Å². The quantitative estimate of drug-likeness (QED) is 0.515. The number of benzene rings is 1. The van der Waals surface area contributed by atoms with Crippen molar-refractivity contribution in [2.45, 2.75) is 25.7 Å². The van der Waals surface area contributed by atoms with Gasteiger partial charge in [-0.1, -0.05) is 44.2 Å². The Balaban J connectivity index is 0.00000169. The van der Waals surface area contributed by atoms with Crippen molar-refractivity contribution in [3.8, 4) is 0 Å². The minimum Gasteiger partial charge on any atom is -0.549 e. The van der Waals surface area contributed by atoms with Crippen LogP contribution in [-0.4, -0.2) is 5.97 Å². The Bertz CT molecular complexity index is 297. The molecule has 0 bridgehead atoms. The molecule has 1 aromatic carbocycles. The Morgan fingerprint density at radius 3 is 2.21 bits per heavy atom. The first-order valence-corrected chi connectivity index (χ1v) is 4.38. The van der Waals surface area contributed by atoms with Gasteiger partial charge < -0.3 is 9.90 Å². The van der Waals surface area contributed by atoms with Crippen LogP contribution in [0, 0.1) is 0 Å². The largest absolute Gasteiger partial charge is 1.00 e. The third-order valence-electron chi connectivity index (χ3n) is 2.57. The summed E-state index contributed by atoms with van der Waals surface area (Å²) in [5, 5.41) is 10.9. The molecular formula is C11H13LiO2. The van der Waals surface area contributed by atoms with Crippen molar-refractivity contribution >= 4 is 5.97 Å². The van der Waals surface area contributed by atoms with Crippen molar-refractivity contribution in [1.29, 1.82) is 0 Å². The number of aliphatic carboxylic acids is 1. The van der Waals surface area contributed by atoms with Crippen LogP contribution in [0.1, 0.15) is 25.8 Å². The number of carbonyl (C=O) groups excluding carboxylic acids is 1. The SMILES string of the molecule is CCC(C)(C(=O)[O-])c1ccccc1.[Li+]. The molecule has 0 spiro atoms. The Hall–Kier alpha value is -0.713. The second-order valence-corrected chi connectivity index (χ2v) is 3.34. The van der Waals surface area contributed by atoms with Gasteiger partial charge in [-0.25, -0.2) is 0 Å².